The monoisotopic (exact) mass is 230 g/mol. The first-order chi connectivity index (χ1) is 8.30. The maximum absolute atomic E-state index is 8.75. The van der Waals surface area contributed by atoms with Crippen LogP contribution in [0.2, 0.25) is 0 Å². The van der Waals surface area contributed by atoms with Gasteiger partial charge in [-0.3, -0.25) is 0 Å². The zero-order valence-electron chi connectivity index (χ0n) is 9.91. The first-order valence-corrected chi connectivity index (χ1v) is 5.39. The summed E-state index contributed by atoms with van der Waals surface area (Å²) >= 11 is 0. The van der Waals surface area contributed by atoms with E-state index >= 15 is 0 Å². The van der Waals surface area contributed by atoms with Crippen LogP contribution in [0.5, 0.6) is 11.5 Å². The molecule has 0 bridgehead atoms. The zero-order chi connectivity index (χ0) is 12.3. The highest BCUT2D eigenvalue weighted by molar-refractivity contribution is 5.72. The smallest absolute Gasteiger partial charge is 0.161 e. The highest BCUT2D eigenvalue weighted by Gasteiger charge is 2.17. The van der Waals surface area contributed by atoms with E-state index < -0.39 is 0 Å². The van der Waals surface area contributed by atoms with E-state index in [0.29, 0.717) is 5.75 Å². The maximum atomic E-state index is 8.75. The minimum absolute atomic E-state index is 0.679. The third-order valence-electron chi connectivity index (χ3n) is 2.82. The van der Waals surface area contributed by atoms with Gasteiger partial charge in [0.1, 0.15) is 0 Å². The largest absolute Gasteiger partial charge is 0.493 e. The van der Waals surface area contributed by atoms with E-state index in [1.807, 2.05) is 18.2 Å². The number of nitriles is 1. The Morgan fingerprint density at radius 3 is 2.65 bits per heavy atom. The summed E-state index contributed by atoms with van der Waals surface area (Å²) < 4.78 is 10.5. The molecule has 1 aromatic carbocycles. The molecule has 2 rings (SSSR count). The summed E-state index contributed by atoms with van der Waals surface area (Å²) in [7, 11) is 3.23. The molecule has 88 valence electrons. The van der Waals surface area contributed by atoms with E-state index in [0.717, 1.165) is 30.0 Å². The second-order valence-electron chi connectivity index (χ2n) is 3.73. The molecule has 1 aromatic rings. The summed E-state index contributed by atoms with van der Waals surface area (Å²) in [6.07, 6.45) is 2.43. The number of fused-ring (bicyclic) bond motifs is 1. The minimum atomic E-state index is 0.679. The van der Waals surface area contributed by atoms with Gasteiger partial charge in [-0.05, 0) is 24.1 Å². The van der Waals surface area contributed by atoms with Crippen LogP contribution in [0.1, 0.15) is 11.1 Å². The fourth-order valence-electron chi connectivity index (χ4n) is 2.00. The Bertz CT molecular complexity index is 501. The summed E-state index contributed by atoms with van der Waals surface area (Å²) in [5.41, 5.74) is 3.02. The Balaban J connectivity index is 2.55. The van der Waals surface area contributed by atoms with Crippen molar-refractivity contribution in [3.63, 3.8) is 0 Å². The quantitative estimate of drug-likeness (QED) is 0.786. The Hall–Kier alpha value is -2.15. The number of rotatable bonds is 2. The average molecular weight is 230 g/mol. The van der Waals surface area contributed by atoms with Gasteiger partial charge in [0.25, 0.3) is 0 Å². The van der Waals surface area contributed by atoms with Gasteiger partial charge in [0.2, 0.25) is 0 Å². The minimum Gasteiger partial charge on any atom is -0.493 e. The number of nitrogens with zero attached hydrogens (tertiary/aromatic N) is 1. The Kier molecular flexibility index (Phi) is 3.20. The molecule has 17 heavy (non-hydrogen) atoms. The van der Waals surface area contributed by atoms with Crippen molar-refractivity contribution in [1.82, 2.24) is 5.32 Å². The molecule has 4 nitrogen and oxygen atoms in total. The summed E-state index contributed by atoms with van der Waals surface area (Å²) in [5.74, 6) is 1.41. The lowest BCUT2D eigenvalue weighted by molar-refractivity contribution is 0.354. The normalized spacial score (nSPS) is 15.7. The number of hydrogen-bond donors (Lipinski definition) is 1. The Morgan fingerprint density at radius 1 is 1.29 bits per heavy atom. The third-order valence-corrected chi connectivity index (χ3v) is 2.82. The highest BCUT2D eigenvalue weighted by atomic mass is 16.5. The standard InChI is InChI=1S/C13H14N2O2/c1-16-12-7-9-4-6-15-11(3-5-14)10(9)8-13(12)17-2/h3,7-8,15H,4,6H2,1-2H3/b11-3-. The van der Waals surface area contributed by atoms with Gasteiger partial charge in [0.15, 0.2) is 11.5 Å². The Labute approximate surface area is 100 Å². The van der Waals surface area contributed by atoms with E-state index in [4.69, 9.17) is 14.7 Å². The summed E-state index contributed by atoms with van der Waals surface area (Å²) in [6, 6.07) is 5.93. The molecule has 0 unspecified atom stereocenters. The number of nitrogens with one attached hydrogen (secondary N) is 1. The zero-order valence-corrected chi connectivity index (χ0v) is 9.91. The number of benzene rings is 1. The van der Waals surface area contributed by atoms with Crippen molar-refractivity contribution < 1.29 is 9.47 Å². The summed E-state index contributed by atoms with van der Waals surface area (Å²) in [4.78, 5) is 0. The molecule has 1 aliphatic heterocycles. The van der Waals surface area contributed by atoms with Gasteiger partial charge in [0, 0.05) is 18.2 Å². The fraction of sp³-hybridized carbons (Fsp3) is 0.308. The van der Waals surface area contributed by atoms with E-state index in [2.05, 4.69) is 5.32 Å². The van der Waals surface area contributed by atoms with E-state index in [1.54, 1.807) is 14.2 Å². The second kappa shape index (κ2) is 4.79. The van der Waals surface area contributed by atoms with Crippen LogP contribution in [0.3, 0.4) is 0 Å². The molecule has 1 aliphatic rings. The van der Waals surface area contributed by atoms with Crippen molar-refractivity contribution >= 4 is 5.70 Å². The number of allylic oxidation sites excluding steroid dienone is 1. The number of hydrogen-bond acceptors (Lipinski definition) is 4. The van der Waals surface area contributed by atoms with Gasteiger partial charge in [-0.15, -0.1) is 0 Å². The molecular weight excluding hydrogens is 216 g/mol. The third kappa shape index (κ3) is 2.04. The van der Waals surface area contributed by atoms with Crippen molar-refractivity contribution in [2.24, 2.45) is 0 Å². The lowest BCUT2D eigenvalue weighted by Crippen LogP contribution is -2.22. The van der Waals surface area contributed by atoms with Crippen LogP contribution in [0, 0.1) is 11.3 Å². The van der Waals surface area contributed by atoms with Crippen molar-refractivity contribution in [1.29, 1.82) is 5.26 Å². The van der Waals surface area contributed by atoms with Crippen LogP contribution in [0.25, 0.3) is 5.70 Å². The predicted octanol–water partition coefficient (Wildman–Crippen LogP) is 1.71. The predicted molar refractivity (Wildman–Crippen MR) is 64.8 cm³/mol. The molecule has 1 heterocycles. The summed E-state index contributed by atoms with van der Waals surface area (Å²) in [6.45, 7) is 0.829. The molecule has 0 atom stereocenters. The van der Waals surface area contributed by atoms with Gasteiger partial charge in [0.05, 0.1) is 26.0 Å². The van der Waals surface area contributed by atoms with Crippen molar-refractivity contribution in [2.45, 2.75) is 6.42 Å². The van der Waals surface area contributed by atoms with Gasteiger partial charge in [-0.2, -0.15) is 5.26 Å². The maximum Gasteiger partial charge on any atom is 0.161 e. The van der Waals surface area contributed by atoms with Crippen LogP contribution in [0.15, 0.2) is 18.2 Å². The van der Waals surface area contributed by atoms with E-state index in [9.17, 15) is 0 Å². The molecule has 1 N–H and O–H groups in total. The molecular formula is C13H14N2O2. The first-order valence-electron chi connectivity index (χ1n) is 5.39. The second-order valence-corrected chi connectivity index (χ2v) is 3.73. The van der Waals surface area contributed by atoms with Gasteiger partial charge in [-0.25, -0.2) is 0 Å². The van der Waals surface area contributed by atoms with Gasteiger partial charge >= 0.3 is 0 Å². The Morgan fingerprint density at radius 2 is 2.00 bits per heavy atom. The topological polar surface area (TPSA) is 54.3 Å². The van der Waals surface area contributed by atoms with Crippen LogP contribution >= 0.6 is 0 Å². The lowest BCUT2D eigenvalue weighted by atomic mass is 9.97. The molecule has 0 aromatic heterocycles. The molecule has 0 amide bonds. The molecule has 0 aliphatic carbocycles. The molecule has 0 saturated carbocycles. The molecule has 0 fully saturated rings. The first kappa shape index (κ1) is 11.3. The molecule has 0 saturated heterocycles. The molecule has 0 radical (unpaired) electrons. The van der Waals surface area contributed by atoms with Gasteiger partial charge in [-0.1, -0.05) is 0 Å². The highest BCUT2D eigenvalue weighted by Crippen LogP contribution is 2.34. The summed E-state index contributed by atoms with van der Waals surface area (Å²) in [5, 5.41) is 12.0. The SMILES string of the molecule is COc1cc2c(cc1OC)/C(=C/C#N)NCC2. The lowest BCUT2D eigenvalue weighted by Gasteiger charge is -2.22. The van der Waals surface area contributed by atoms with E-state index in [1.165, 1.54) is 11.6 Å². The average Bonchev–Trinajstić information content (AvgIpc) is 2.38. The van der Waals surface area contributed by atoms with Crippen molar-refractivity contribution in [3.8, 4) is 17.6 Å². The van der Waals surface area contributed by atoms with E-state index in [-0.39, 0.29) is 0 Å². The van der Waals surface area contributed by atoms with Crippen molar-refractivity contribution in [3.05, 3.63) is 29.3 Å². The van der Waals surface area contributed by atoms with Crippen LogP contribution in [-0.2, 0) is 6.42 Å². The van der Waals surface area contributed by atoms with Crippen LogP contribution < -0.4 is 14.8 Å². The number of methoxy groups -OCH3 is 2. The van der Waals surface area contributed by atoms with Crippen molar-refractivity contribution in [2.75, 3.05) is 20.8 Å². The van der Waals surface area contributed by atoms with Crippen LogP contribution in [-0.4, -0.2) is 20.8 Å². The fourth-order valence-corrected chi connectivity index (χ4v) is 2.00. The number of ether oxygens (including phenoxy) is 2. The molecule has 4 heteroatoms. The van der Waals surface area contributed by atoms with Crippen LogP contribution in [0.4, 0.5) is 0 Å². The van der Waals surface area contributed by atoms with Gasteiger partial charge < -0.3 is 14.8 Å². The molecule has 0 spiro atoms.